The highest BCUT2D eigenvalue weighted by atomic mass is 32.1. The summed E-state index contributed by atoms with van der Waals surface area (Å²) < 4.78 is 0. The molecule has 176 valence electrons. The lowest BCUT2D eigenvalue weighted by atomic mass is 10.1. The molecule has 1 aromatic heterocycles. The second-order valence-electron chi connectivity index (χ2n) is 9.30. The van der Waals surface area contributed by atoms with Crippen molar-refractivity contribution in [2.24, 2.45) is 0 Å². The van der Waals surface area contributed by atoms with Crippen molar-refractivity contribution in [1.29, 1.82) is 0 Å². The van der Waals surface area contributed by atoms with Gasteiger partial charge < -0.3 is 20.0 Å². The molecule has 2 aromatic rings. The summed E-state index contributed by atoms with van der Waals surface area (Å²) >= 11 is 1.39. The van der Waals surface area contributed by atoms with E-state index in [0.717, 1.165) is 50.4 Å². The molecule has 5 rings (SSSR count). The van der Waals surface area contributed by atoms with Crippen LogP contribution in [0.2, 0.25) is 0 Å². The van der Waals surface area contributed by atoms with Gasteiger partial charge in [0.2, 0.25) is 5.91 Å². The number of anilines is 2. The highest BCUT2D eigenvalue weighted by Gasteiger charge is 2.36. The Labute approximate surface area is 199 Å². The van der Waals surface area contributed by atoms with E-state index in [0.29, 0.717) is 37.1 Å². The molecule has 1 atom stereocenters. The number of nitrogens with one attached hydrogen (secondary N) is 1. The summed E-state index contributed by atoms with van der Waals surface area (Å²) in [6.45, 7) is 5.88. The normalized spacial score (nSPS) is 23.3. The fraction of sp³-hybridized carbons (Fsp3) is 0.542. The third-order valence-corrected chi connectivity index (χ3v) is 7.85. The molecule has 3 saturated heterocycles. The van der Waals surface area contributed by atoms with Crippen LogP contribution in [0.3, 0.4) is 0 Å². The molecule has 9 heteroatoms. The van der Waals surface area contributed by atoms with E-state index in [9.17, 15) is 9.59 Å². The van der Waals surface area contributed by atoms with Crippen LogP contribution in [-0.2, 0) is 4.79 Å². The van der Waals surface area contributed by atoms with Crippen molar-refractivity contribution in [3.63, 3.8) is 0 Å². The van der Waals surface area contributed by atoms with Crippen molar-refractivity contribution in [3.8, 4) is 0 Å². The highest BCUT2D eigenvalue weighted by Crippen LogP contribution is 2.28. The van der Waals surface area contributed by atoms with Crippen LogP contribution in [0.25, 0.3) is 0 Å². The molecule has 0 aliphatic carbocycles. The molecule has 3 aliphatic heterocycles. The first-order valence-corrected chi connectivity index (χ1v) is 12.7. The second-order valence-corrected chi connectivity index (χ2v) is 10.2. The SMILES string of the molecule is CN1CCC(Nc2cccc(N3CC(N4CCN(C(=O)c5nccs5)CC4)CC3=O)c2)CC1. The third-order valence-electron chi connectivity index (χ3n) is 7.08. The number of amides is 2. The van der Waals surface area contributed by atoms with Crippen molar-refractivity contribution in [3.05, 3.63) is 40.8 Å². The Kier molecular flexibility index (Phi) is 6.62. The summed E-state index contributed by atoms with van der Waals surface area (Å²) in [5.41, 5.74) is 2.06. The molecule has 0 radical (unpaired) electrons. The zero-order chi connectivity index (χ0) is 22.8. The van der Waals surface area contributed by atoms with Crippen LogP contribution in [0.5, 0.6) is 0 Å². The van der Waals surface area contributed by atoms with Crippen LogP contribution in [0.4, 0.5) is 11.4 Å². The average Bonchev–Trinajstić information content (AvgIpc) is 3.51. The molecule has 2 amide bonds. The Morgan fingerprint density at radius 2 is 1.91 bits per heavy atom. The van der Waals surface area contributed by atoms with Crippen molar-refractivity contribution in [2.75, 3.05) is 63.1 Å². The van der Waals surface area contributed by atoms with Gasteiger partial charge >= 0.3 is 0 Å². The minimum atomic E-state index is 0.0164. The van der Waals surface area contributed by atoms with Gasteiger partial charge in [0.1, 0.15) is 0 Å². The Morgan fingerprint density at radius 3 is 2.64 bits per heavy atom. The van der Waals surface area contributed by atoms with Crippen LogP contribution in [-0.4, -0.2) is 96.4 Å². The minimum Gasteiger partial charge on any atom is -0.382 e. The number of carbonyl (C=O) groups is 2. The first kappa shape index (κ1) is 22.3. The van der Waals surface area contributed by atoms with E-state index in [1.54, 1.807) is 6.20 Å². The summed E-state index contributed by atoms with van der Waals surface area (Å²) in [6.07, 6.45) is 4.49. The minimum absolute atomic E-state index is 0.0164. The number of likely N-dealkylation sites (tertiary alicyclic amines) is 1. The number of benzene rings is 1. The Hall–Kier alpha value is -2.49. The predicted octanol–water partition coefficient (Wildman–Crippen LogP) is 2.21. The van der Waals surface area contributed by atoms with Gasteiger partial charge in [0.25, 0.3) is 5.91 Å². The lowest BCUT2D eigenvalue weighted by molar-refractivity contribution is -0.117. The van der Waals surface area contributed by atoms with Crippen LogP contribution < -0.4 is 10.2 Å². The van der Waals surface area contributed by atoms with E-state index in [-0.39, 0.29) is 17.9 Å². The number of hydrogen-bond donors (Lipinski definition) is 1. The molecule has 33 heavy (non-hydrogen) atoms. The zero-order valence-corrected chi connectivity index (χ0v) is 20.0. The van der Waals surface area contributed by atoms with E-state index in [1.165, 1.54) is 11.3 Å². The number of piperazine rings is 1. The molecule has 1 N–H and O–H groups in total. The van der Waals surface area contributed by atoms with Gasteiger partial charge in [-0.2, -0.15) is 0 Å². The van der Waals surface area contributed by atoms with Gasteiger partial charge in [-0.3, -0.25) is 14.5 Å². The fourth-order valence-corrected chi connectivity index (χ4v) is 5.69. The summed E-state index contributed by atoms with van der Waals surface area (Å²) in [4.78, 5) is 38.1. The van der Waals surface area contributed by atoms with Gasteiger partial charge in [-0.15, -0.1) is 11.3 Å². The van der Waals surface area contributed by atoms with Crippen LogP contribution >= 0.6 is 11.3 Å². The number of piperidine rings is 1. The smallest absolute Gasteiger partial charge is 0.282 e. The Morgan fingerprint density at radius 1 is 1.12 bits per heavy atom. The highest BCUT2D eigenvalue weighted by molar-refractivity contribution is 7.11. The van der Waals surface area contributed by atoms with Gasteiger partial charge in [-0.25, -0.2) is 4.98 Å². The Balaban J connectivity index is 1.17. The lowest BCUT2D eigenvalue weighted by Gasteiger charge is -2.37. The van der Waals surface area contributed by atoms with Gasteiger partial charge in [-0.1, -0.05) is 6.07 Å². The fourth-order valence-electron chi connectivity index (χ4n) is 5.09. The molecule has 0 spiro atoms. The number of carbonyl (C=O) groups excluding carboxylic acids is 2. The van der Waals surface area contributed by atoms with Gasteiger partial charge in [0.15, 0.2) is 5.01 Å². The third kappa shape index (κ3) is 5.05. The number of rotatable bonds is 5. The van der Waals surface area contributed by atoms with Crippen molar-refractivity contribution in [1.82, 2.24) is 19.7 Å². The molecule has 1 unspecified atom stereocenters. The number of nitrogens with zero attached hydrogens (tertiary/aromatic N) is 5. The van der Waals surface area contributed by atoms with Crippen LogP contribution in [0.15, 0.2) is 35.8 Å². The van der Waals surface area contributed by atoms with E-state index >= 15 is 0 Å². The molecule has 3 fully saturated rings. The maximum absolute atomic E-state index is 12.9. The summed E-state index contributed by atoms with van der Waals surface area (Å²) in [6, 6.07) is 8.96. The number of hydrogen-bond acceptors (Lipinski definition) is 7. The predicted molar refractivity (Wildman–Crippen MR) is 131 cm³/mol. The topological polar surface area (TPSA) is 72.0 Å². The van der Waals surface area contributed by atoms with E-state index in [1.807, 2.05) is 27.3 Å². The van der Waals surface area contributed by atoms with Gasteiger partial charge in [-0.05, 0) is 51.2 Å². The standard InChI is InChI=1S/C24H32N6O2S/c1-27-8-5-18(6-9-27)26-19-3-2-4-20(15-19)30-17-21(16-22(30)31)28-10-12-29(13-11-28)24(32)23-25-7-14-33-23/h2-4,7,14-15,18,21,26H,5-6,8-13,16-17H2,1H3. The zero-order valence-electron chi connectivity index (χ0n) is 19.2. The first-order valence-electron chi connectivity index (χ1n) is 11.8. The molecule has 0 bridgehead atoms. The van der Waals surface area contributed by atoms with E-state index in [4.69, 9.17) is 0 Å². The molecule has 0 saturated carbocycles. The van der Waals surface area contributed by atoms with Crippen molar-refractivity contribution >= 4 is 34.5 Å². The quantitative estimate of drug-likeness (QED) is 0.726. The van der Waals surface area contributed by atoms with E-state index in [2.05, 4.69) is 39.3 Å². The second kappa shape index (κ2) is 9.79. The molecular weight excluding hydrogens is 436 g/mol. The molecule has 1 aromatic carbocycles. The molecular formula is C24H32N6O2S. The molecule has 8 nitrogen and oxygen atoms in total. The summed E-state index contributed by atoms with van der Waals surface area (Å²) in [7, 11) is 2.17. The first-order chi connectivity index (χ1) is 16.1. The number of aromatic nitrogens is 1. The van der Waals surface area contributed by atoms with Gasteiger partial charge in [0, 0.05) is 74.2 Å². The maximum Gasteiger partial charge on any atom is 0.282 e. The summed E-state index contributed by atoms with van der Waals surface area (Å²) in [5.74, 6) is 0.195. The maximum atomic E-state index is 12.9. The van der Waals surface area contributed by atoms with Crippen LogP contribution in [0.1, 0.15) is 29.1 Å². The lowest BCUT2D eigenvalue weighted by Crippen LogP contribution is -2.52. The monoisotopic (exact) mass is 468 g/mol. The largest absolute Gasteiger partial charge is 0.382 e. The average molecular weight is 469 g/mol. The Bertz CT molecular complexity index is 967. The summed E-state index contributed by atoms with van der Waals surface area (Å²) in [5, 5.41) is 6.05. The van der Waals surface area contributed by atoms with Crippen molar-refractivity contribution in [2.45, 2.75) is 31.3 Å². The van der Waals surface area contributed by atoms with Gasteiger partial charge in [0.05, 0.1) is 0 Å². The molecule has 3 aliphatic rings. The van der Waals surface area contributed by atoms with E-state index < -0.39 is 0 Å². The van der Waals surface area contributed by atoms with Crippen molar-refractivity contribution < 1.29 is 9.59 Å². The van der Waals surface area contributed by atoms with Crippen LogP contribution in [0, 0.1) is 0 Å². The molecule has 4 heterocycles. The number of thiazole rings is 1.